The number of hydroxylamine groups is 2. The Kier molecular flexibility index (Phi) is 4.98. The molecule has 24 heavy (non-hydrogen) atoms. The number of likely N-dealkylation sites (N-methyl/N-ethyl adjacent to an activating group) is 1. The smallest absolute Gasteiger partial charge is 0.320 e. The Morgan fingerprint density at radius 3 is 2.62 bits per heavy atom. The van der Waals surface area contributed by atoms with Crippen LogP contribution < -0.4 is 11.2 Å². The van der Waals surface area contributed by atoms with Crippen LogP contribution in [0, 0.1) is 0 Å². The first kappa shape index (κ1) is 18.4. The van der Waals surface area contributed by atoms with Gasteiger partial charge in [-0.15, -0.1) is 4.28 Å². The summed E-state index contributed by atoms with van der Waals surface area (Å²) >= 11 is 0. The Morgan fingerprint density at radius 2 is 2.08 bits per heavy atom. The molecule has 2 heterocycles. The Morgan fingerprint density at radius 1 is 1.46 bits per heavy atom. The first-order valence-corrected chi connectivity index (χ1v) is 8.48. The zero-order chi connectivity index (χ0) is 18.2. The third-order valence-electron chi connectivity index (χ3n) is 3.80. The zero-order valence-corrected chi connectivity index (χ0v) is 13.9. The lowest BCUT2D eigenvalue weighted by Gasteiger charge is -2.32. The molecule has 3 atom stereocenters. The number of fused-ring (bicyclic) bond motifs is 2. The lowest BCUT2D eigenvalue weighted by Crippen LogP contribution is -2.56. The molecule has 0 spiro atoms. The summed E-state index contributed by atoms with van der Waals surface area (Å²) < 4.78 is 34.6. The van der Waals surface area contributed by atoms with Crippen LogP contribution in [0.3, 0.4) is 0 Å². The number of nitrogens with one attached hydrogen (secondary N) is 1. The molecule has 2 fully saturated rings. The summed E-state index contributed by atoms with van der Waals surface area (Å²) in [4.78, 5) is 37.3. The van der Waals surface area contributed by atoms with Crippen LogP contribution in [-0.2, 0) is 24.3 Å². The summed E-state index contributed by atoms with van der Waals surface area (Å²) in [7, 11) is -3.53. The molecule has 2 bridgehead atoms. The Labute approximate surface area is 138 Å². The average Bonchev–Trinajstić information content (AvgIpc) is 2.70. The number of rotatable bonds is 4. The van der Waals surface area contributed by atoms with E-state index in [1.165, 1.54) is 14.0 Å². The molecule has 4 amide bonds. The summed E-state index contributed by atoms with van der Waals surface area (Å²) in [6.45, 7) is 1.52. The summed E-state index contributed by atoms with van der Waals surface area (Å²) in [6, 6.07) is -3.14. The quantitative estimate of drug-likeness (QED) is 0.374. The van der Waals surface area contributed by atoms with Crippen molar-refractivity contribution in [2.75, 3.05) is 13.6 Å². The first-order valence-electron chi connectivity index (χ1n) is 7.11. The first-order chi connectivity index (χ1) is 11.0. The summed E-state index contributed by atoms with van der Waals surface area (Å²) in [6.07, 6.45) is 0.544. The normalized spacial score (nSPS) is 24.8. The predicted octanol–water partition coefficient (Wildman–Crippen LogP) is -2.17. The van der Waals surface area contributed by atoms with Crippen LogP contribution in [0.15, 0.2) is 0 Å². The highest BCUT2D eigenvalue weighted by molar-refractivity contribution is 7.80. The number of hydrazine groups is 1. The van der Waals surface area contributed by atoms with Crippen LogP contribution in [0.5, 0.6) is 0 Å². The van der Waals surface area contributed by atoms with E-state index in [2.05, 4.69) is 9.71 Å². The molecule has 2 saturated heterocycles. The highest BCUT2D eigenvalue weighted by Gasteiger charge is 2.49. The zero-order valence-electron chi connectivity index (χ0n) is 13.1. The lowest BCUT2D eigenvalue weighted by atomic mass is 10.0. The fourth-order valence-corrected chi connectivity index (χ4v) is 3.02. The highest BCUT2D eigenvalue weighted by Crippen LogP contribution is 2.31. The van der Waals surface area contributed by atoms with Crippen LogP contribution in [-0.4, -0.2) is 77.5 Å². The molecule has 136 valence electrons. The van der Waals surface area contributed by atoms with Crippen molar-refractivity contribution in [3.8, 4) is 0 Å². The van der Waals surface area contributed by atoms with E-state index in [-0.39, 0.29) is 13.0 Å². The minimum atomic E-state index is -4.85. The van der Waals surface area contributed by atoms with Gasteiger partial charge in [-0.1, -0.05) is 0 Å². The van der Waals surface area contributed by atoms with Gasteiger partial charge in [0.2, 0.25) is 0 Å². The second-order valence-corrected chi connectivity index (χ2v) is 6.68. The standard InChI is InChI=1S/C11H19N5O7S/c1-6(12)9(17)13-14(2)10(18)8-4-3-7-5-15(8)11(19)16(7)23-24(20,21)22/h6-8H,3-5,12H2,1-2H3,(H,13,17)(H,20,21,22)/t6-,7+,8-/m1/s1. The molecule has 0 aromatic carbocycles. The SMILES string of the molecule is C[C@@H](N)C(=O)NN(C)C(=O)[C@H]1CC[C@H]2CN1C(=O)N2OS(=O)(=O)O. The van der Waals surface area contributed by atoms with E-state index in [0.717, 1.165) is 9.91 Å². The van der Waals surface area contributed by atoms with Gasteiger partial charge in [-0.2, -0.15) is 13.5 Å². The van der Waals surface area contributed by atoms with E-state index in [0.29, 0.717) is 11.5 Å². The molecule has 13 heteroatoms. The number of hydrogen-bond acceptors (Lipinski definition) is 7. The molecule has 0 aliphatic carbocycles. The molecule has 4 N–H and O–H groups in total. The van der Waals surface area contributed by atoms with E-state index in [9.17, 15) is 22.8 Å². The lowest BCUT2D eigenvalue weighted by molar-refractivity contribution is -0.144. The van der Waals surface area contributed by atoms with Gasteiger partial charge < -0.3 is 10.6 Å². The van der Waals surface area contributed by atoms with Gasteiger partial charge in [0, 0.05) is 13.6 Å². The third kappa shape index (κ3) is 3.75. The van der Waals surface area contributed by atoms with Crippen molar-refractivity contribution in [2.45, 2.75) is 37.9 Å². The predicted molar refractivity (Wildman–Crippen MR) is 77.9 cm³/mol. The maximum atomic E-state index is 12.4. The number of nitrogens with two attached hydrogens (primary N) is 1. The summed E-state index contributed by atoms with van der Waals surface area (Å²) in [5.41, 5.74) is 7.70. The van der Waals surface area contributed by atoms with Gasteiger partial charge in [-0.05, 0) is 19.8 Å². The molecule has 2 aliphatic heterocycles. The fourth-order valence-electron chi connectivity index (χ4n) is 2.63. The second kappa shape index (κ2) is 6.51. The maximum absolute atomic E-state index is 12.4. The van der Waals surface area contributed by atoms with E-state index in [1.807, 2.05) is 0 Å². The summed E-state index contributed by atoms with van der Waals surface area (Å²) in [5.74, 6) is -1.12. The van der Waals surface area contributed by atoms with E-state index in [1.54, 1.807) is 0 Å². The molecule has 2 aliphatic rings. The number of nitrogens with zero attached hydrogens (tertiary/aromatic N) is 3. The van der Waals surface area contributed by atoms with Crippen LogP contribution in [0.2, 0.25) is 0 Å². The topological polar surface area (TPSA) is 163 Å². The van der Waals surface area contributed by atoms with Crippen LogP contribution in [0.4, 0.5) is 4.79 Å². The molecule has 12 nitrogen and oxygen atoms in total. The Balaban J connectivity index is 2.08. The number of hydrogen-bond donors (Lipinski definition) is 3. The Hall–Kier alpha value is -1.96. The van der Waals surface area contributed by atoms with E-state index < -0.39 is 46.4 Å². The molecule has 0 aromatic heterocycles. The highest BCUT2D eigenvalue weighted by atomic mass is 32.3. The van der Waals surface area contributed by atoms with Crippen LogP contribution in [0.1, 0.15) is 19.8 Å². The van der Waals surface area contributed by atoms with Gasteiger partial charge in [-0.25, -0.2) is 4.79 Å². The van der Waals surface area contributed by atoms with Gasteiger partial charge in [0.1, 0.15) is 6.04 Å². The Bertz CT molecular complexity index is 651. The molecule has 0 saturated carbocycles. The largest absolute Gasteiger partial charge is 0.418 e. The van der Waals surface area contributed by atoms with Crippen LogP contribution in [0.25, 0.3) is 0 Å². The van der Waals surface area contributed by atoms with Crippen molar-refractivity contribution in [1.82, 2.24) is 20.4 Å². The van der Waals surface area contributed by atoms with Gasteiger partial charge in [0.15, 0.2) is 0 Å². The van der Waals surface area contributed by atoms with E-state index in [4.69, 9.17) is 10.3 Å². The maximum Gasteiger partial charge on any atom is 0.418 e. The van der Waals surface area contributed by atoms with Gasteiger partial charge in [0.25, 0.3) is 11.8 Å². The van der Waals surface area contributed by atoms with Gasteiger partial charge >= 0.3 is 16.4 Å². The number of amides is 4. The molecule has 0 radical (unpaired) electrons. The van der Waals surface area contributed by atoms with Crippen molar-refractivity contribution < 1.29 is 31.6 Å². The number of carbonyl (C=O) groups excluding carboxylic acids is 3. The van der Waals surface area contributed by atoms with Crippen molar-refractivity contribution in [3.63, 3.8) is 0 Å². The minimum Gasteiger partial charge on any atom is -0.320 e. The second-order valence-electron chi connectivity index (χ2n) is 5.67. The van der Waals surface area contributed by atoms with Crippen molar-refractivity contribution in [1.29, 1.82) is 0 Å². The fraction of sp³-hybridized carbons (Fsp3) is 0.727. The average molecular weight is 365 g/mol. The van der Waals surface area contributed by atoms with Gasteiger partial charge in [0.05, 0.1) is 12.1 Å². The van der Waals surface area contributed by atoms with Gasteiger partial charge in [-0.3, -0.25) is 24.6 Å². The number of carbonyl (C=O) groups is 3. The van der Waals surface area contributed by atoms with Crippen molar-refractivity contribution >= 4 is 28.2 Å². The molecular weight excluding hydrogens is 346 g/mol. The van der Waals surface area contributed by atoms with Crippen LogP contribution >= 0.6 is 0 Å². The number of piperidine rings is 1. The molecule has 0 unspecified atom stereocenters. The van der Waals surface area contributed by atoms with E-state index >= 15 is 0 Å². The molecule has 0 aromatic rings. The monoisotopic (exact) mass is 365 g/mol. The third-order valence-corrected chi connectivity index (χ3v) is 4.15. The molecule has 2 rings (SSSR count). The summed E-state index contributed by atoms with van der Waals surface area (Å²) in [5, 5.41) is 1.49. The van der Waals surface area contributed by atoms with Crippen molar-refractivity contribution in [2.24, 2.45) is 5.73 Å². The molecular formula is C11H19N5O7S. The minimum absolute atomic E-state index is 0.0693. The number of urea groups is 1. The van der Waals surface area contributed by atoms with Crippen molar-refractivity contribution in [3.05, 3.63) is 0 Å².